The molecule has 6 heteroatoms. The van der Waals surface area contributed by atoms with Crippen molar-refractivity contribution in [3.8, 4) is 5.75 Å². The minimum Gasteiger partial charge on any atom is -0.492 e. The maximum Gasteiger partial charge on any atom is 0.261 e. The van der Waals surface area contributed by atoms with Crippen LogP contribution in [-0.2, 0) is 4.79 Å². The average Bonchev–Trinajstić information content (AvgIpc) is 3.01. The van der Waals surface area contributed by atoms with Crippen LogP contribution in [0, 0.1) is 0 Å². The molecule has 110 valence electrons. The fourth-order valence-electron chi connectivity index (χ4n) is 1.70. The first-order valence-electron chi connectivity index (χ1n) is 6.54. The Hall–Kier alpha value is -2.34. The Bertz CT molecular complexity index is 611. The van der Waals surface area contributed by atoms with Gasteiger partial charge in [-0.3, -0.25) is 9.59 Å². The van der Waals surface area contributed by atoms with E-state index >= 15 is 0 Å². The smallest absolute Gasteiger partial charge is 0.261 e. The van der Waals surface area contributed by atoms with Crippen LogP contribution in [0.2, 0.25) is 0 Å². The van der Waals surface area contributed by atoms with Crippen molar-refractivity contribution in [1.29, 1.82) is 0 Å². The highest BCUT2D eigenvalue weighted by Gasteiger charge is 2.10. The van der Waals surface area contributed by atoms with Gasteiger partial charge in [0.2, 0.25) is 5.91 Å². The number of amides is 2. The largest absolute Gasteiger partial charge is 0.492 e. The Morgan fingerprint density at radius 3 is 2.71 bits per heavy atom. The van der Waals surface area contributed by atoms with E-state index in [4.69, 9.17) is 4.74 Å². The lowest BCUT2D eigenvalue weighted by Gasteiger charge is -2.11. The molecule has 0 spiro atoms. The number of nitrogens with one attached hydrogen (secondary N) is 2. The van der Waals surface area contributed by atoms with Crippen LogP contribution < -0.4 is 15.4 Å². The summed E-state index contributed by atoms with van der Waals surface area (Å²) in [4.78, 5) is 24.2. The van der Waals surface area contributed by atoms with Gasteiger partial charge in [-0.1, -0.05) is 18.2 Å². The fourth-order valence-corrected chi connectivity index (χ4v) is 2.34. The first kappa shape index (κ1) is 15.1. The first-order chi connectivity index (χ1) is 10.2. The summed E-state index contributed by atoms with van der Waals surface area (Å²) in [6.45, 7) is 2.30. The number of carbonyl (C=O) groups is 2. The number of hydrogen-bond donors (Lipinski definition) is 2. The van der Waals surface area contributed by atoms with Crippen LogP contribution in [0.3, 0.4) is 0 Å². The van der Waals surface area contributed by atoms with Gasteiger partial charge in [0.15, 0.2) is 0 Å². The Labute approximate surface area is 126 Å². The first-order valence-corrected chi connectivity index (χ1v) is 7.42. The van der Waals surface area contributed by atoms with E-state index in [1.807, 2.05) is 24.4 Å². The highest BCUT2D eigenvalue weighted by atomic mass is 32.1. The molecule has 5 nitrogen and oxygen atoms in total. The summed E-state index contributed by atoms with van der Waals surface area (Å²) in [5.74, 6) is 0.0586. The van der Waals surface area contributed by atoms with Crippen molar-refractivity contribution < 1.29 is 14.3 Å². The number of benzene rings is 1. The van der Waals surface area contributed by atoms with E-state index in [1.165, 1.54) is 11.3 Å². The molecule has 2 amide bonds. The van der Waals surface area contributed by atoms with Gasteiger partial charge in [0.05, 0.1) is 23.7 Å². The molecule has 1 heterocycles. The van der Waals surface area contributed by atoms with Gasteiger partial charge >= 0.3 is 0 Å². The molecule has 0 radical (unpaired) electrons. The molecule has 0 atom stereocenters. The summed E-state index contributed by atoms with van der Waals surface area (Å²) >= 11 is 1.33. The number of rotatable bonds is 6. The lowest BCUT2D eigenvalue weighted by Crippen LogP contribution is -2.32. The van der Waals surface area contributed by atoms with Crippen molar-refractivity contribution in [2.75, 3.05) is 18.5 Å². The maximum absolute atomic E-state index is 11.9. The van der Waals surface area contributed by atoms with Gasteiger partial charge in [-0.2, -0.15) is 0 Å². The van der Waals surface area contributed by atoms with Crippen molar-refractivity contribution in [3.63, 3.8) is 0 Å². The molecule has 1 aromatic heterocycles. The number of ether oxygens (including phenoxy) is 1. The van der Waals surface area contributed by atoms with E-state index in [9.17, 15) is 9.59 Å². The van der Waals surface area contributed by atoms with Gasteiger partial charge in [-0.05, 0) is 30.5 Å². The van der Waals surface area contributed by atoms with E-state index in [0.29, 0.717) is 22.9 Å². The van der Waals surface area contributed by atoms with Gasteiger partial charge in [-0.15, -0.1) is 11.3 Å². The molecular weight excluding hydrogens is 288 g/mol. The molecule has 2 N–H and O–H groups in total. The van der Waals surface area contributed by atoms with Crippen LogP contribution in [-0.4, -0.2) is 25.0 Å². The zero-order chi connectivity index (χ0) is 15.1. The third-order valence-corrected chi connectivity index (χ3v) is 3.48. The van der Waals surface area contributed by atoms with E-state index < -0.39 is 0 Å². The van der Waals surface area contributed by atoms with Crippen molar-refractivity contribution in [3.05, 3.63) is 46.7 Å². The van der Waals surface area contributed by atoms with Gasteiger partial charge in [0, 0.05) is 0 Å². The Morgan fingerprint density at radius 1 is 1.19 bits per heavy atom. The zero-order valence-corrected chi connectivity index (χ0v) is 12.4. The second-order valence-corrected chi connectivity index (χ2v) is 5.09. The predicted molar refractivity (Wildman–Crippen MR) is 82.9 cm³/mol. The topological polar surface area (TPSA) is 67.4 Å². The summed E-state index contributed by atoms with van der Waals surface area (Å²) in [7, 11) is 0. The van der Waals surface area contributed by atoms with E-state index in [0.717, 1.165) is 0 Å². The molecule has 0 aliphatic heterocycles. The second-order valence-electron chi connectivity index (χ2n) is 4.14. The van der Waals surface area contributed by atoms with Crippen molar-refractivity contribution in [2.45, 2.75) is 6.92 Å². The molecule has 2 aromatic rings. The summed E-state index contributed by atoms with van der Waals surface area (Å²) in [6, 6.07) is 10.7. The fraction of sp³-hybridized carbons (Fsp3) is 0.200. The van der Waals surface area contributed by atoms with Crippen LogP contribution in [0.15, 0.2) is 41.8 Å². The second kappa shape index (κ2) is 7.44. The van der Waals surface area contributed by atoms with Gasteiger partial charge in [-0.25, -0.2) is 0 Å². The number of hydrogen-bond acceptors (Lipinski definition) is 4. The third-order valence-electron chi connectivity index (χ3n) is 2.62. The van der Waals surface area contributed by atoms with Crippen LogP contribution in [0.25, 0.3) is 0 Å². The van der Waals surface area contributed by atoms with Crippen LogP contribution in [0.1, 0.15) is 16.6 Å². The summed E-state index contributed by atoms with van der Waals surface area (Å²) < 4.78 is 5.42. The van der Waals surface area contributed by atoms with E-state index in [1.54, 1.807) is 24.3 Å². The molecule has 0 aliphatic rings. The molecular formula is C15H16N2O3S. The maximum atomic E-state index is 11.9. The zero-order valence-electron chi connectivity index (χ0n) is 11.6. The number of para-hydroxylation sites is 2. The predicted octanol–water partition coefficient (Wildman–Crippen LogP) is 2.52. The highest BCUT2D eigenvalue weighted by Crippen LogP contribution is 2.23. The molecule has 1 aromatic carbocycles. The Morgan fingerprint density at radius 2 is 2.00 bits per heavy atom. The van der Waals surface area contributed by atoms with Gasteiger partial charge in [0.25, 0.3) is 5.91 Å². The van der Waals surface area contributed by atoms with Gasteiger partial charge in [0.1, 0.15) is 5.75 Å². The molecule has 21 heavy (non-hydrogen) atoms. The third kappa shape index (κ3) is 4.32. The standard InChI is InChI=1S/C15H16N2O3S/c1-2-20-12-7-4-3-6-11(12)17-14(18)10-16-15(19)13-8-5-9-21-13/h3-9H,2,10H2,1H3,(H,16,19)(H,17,18). The molecule has 0 aliphatic carbocycles. The van der Waals surface area contributed by atoms with E-state index in [-0.39, 0.29) is 18.4 Å². The SMILES string of the molecule is CCOc1ccccc1NC(=O)CNC(=O)c1cccs1. The molecule has 0 unspecified atom stereocenters. The Balaban J connectivity index is 1.89. The quantitative estimate of drug-likeness (QED) is 0.861. The number of anilines is 1. The minimum atomic E-state index is -0.299. The molecule has 0 saturated heterocycles. The average molecular weight is 304 g/mol. The molecule has 0 fully saturated rings. The van der Waals surface area contributed by atoms with Gasteiger partial charge < -0.3 is 15.4 Å². The van der Waals surface area contributed by atoms with E-state index in [2.05, 4.69) is 10.6 Å². The van der Waals surface area contributed by atoms with Crippen LogP contribution in [0.4, 0.5) is 5.69 Å². The number of thiophene rings is 1. The monoisotopic (exact) mass is 304 g/mol. The summed E-state index contributed by atoms with van der Waals surface area (Å²) in [5, 5.41) is 7.11. The summed E-state index contributed by atoms with van der Waals surface area (Å²) in [6.07, 6.45) is 0. The van der Waals surface area contributed by atoms with Crippen molar-refractivity contribution in [1.82, 2.24) is 5.32 Å². The van der Waals surface area contributed by atoms with Crippen molar-refractivity contribution in [2.24, 2.45) is 0 Å². The molecule has 0 saturated carbocycles. The lowest BCUT2D eigenvalue weighted by molar-refractivity contribution is -0.115. The van der Waals surface area contributed by atoms with Crippen LogP contribution in [0.5, 0.6) is 5.75 Å². The lowest BCUT2D eigenvalue weighted by atomic mass is 10.3. The van der Waals surface area contributed by atoms with Crippen molar-refractivity contribution >= 4 is 28.8 Å². The minimum absolute atomic E-state index is 0.0861. The summed E-state index contributed by atoms with van der Waals surface area (Å²) in [5.41, 5.74) is 0.592. The normalized spacial score (nSPS) is 9.95. The number of carbonyl (C=O) groups excluding carboxylic acids is 2. The molecule has 0 bridgehead atoms. The van der Waals surface area contributed by atoms with Crippen LogP contribution >= 0.6 is 11.3 Å². The Kier molecular flexibility index (Phi) is 5.34. The molecule has 2 rings (SSSR count). The highest BCUT2D eigenvalue weighted by molar-refractivity contribution is 7.12.